The van der Waals surface area contributed by atoms with E-state index in [1.165, 1.54) is 0 Å². The number of anilines is 1. The second-order valence-electron chi connectivity index (χ2n) is 4.35. The van der Waals surface area contributed by atoms with E-state index in [0.717, 1.165) is 35.7 Å². The van der Waals surface area contributed by atoms with Crippen molar-refractivity contribution in [1.29, 1.82) is 0 Å². The van der Waals surface area contributed by atoms with Gasteiger partial charge in [0.15, 0.2) is 0 Å². The van der Waals surface area contributed by atoms with Gasteiger partial charge in [-0.05, 0) is 30.2 Å². The lowest BCUT2D eigenvalue weighted by molar-refractivity contribution is -0.121. The van der Waals surface area contributed by atoms with Crippen molar-refractivity contribution in [2.24, 2.45) is 0 Å². The van der Waals surface area contributed by atoms with Crippen LogP contribution in [0.25, 0.3) is 0 Å². The van der Waals surface area contributed by atoms with E-state index in [-0.39, 0.29) is 11.9 Å². The maximum atomic E-state index is 11.9. The maximum Gasteiger partial charge on any atom is 0.242 e. The molecule has 0 aromatic heterocycles. The average molecular weight is 253 g/mol. The van der Waals surface area contributed by atoms with Crippen LogP contribution in [0, 0.1) is 0 Å². The number of hydrogen-bond acceptors (Lipinski definition) is 2. The van der Waals surface area contributed by atoms with Crippen LogP contribution in [0.2, 0.25) is 5.02 Å². The Morgan fingerprint density at radius 1 is 1.59 bits per heavy atom. The fourth-order valence-corrected chi connectivity index (χ4v) is 2.20. The quantitative estimate of drug-likeness (QED) is 0.809. The van der Waals surface area contributed by atoms with Crippen molar-refractivity contribution in [2.75, 3.05) is 11.9 Å². The third kappa shape index (κ3) is 2.91. The molecule has 3 nitrogen and oxygen atoms in total. The second kappa shape index (κ2) is 5.41. The minimum Gasteiger partial charge on any atom is -0.373 e. The number of rotatable bonds is 4. The van der Waals surface area contributed by atoms with Gasteiger partial charge in [0, 0.05) is 23.7 Å². The van der Waals surface area contributed by atoms with Gasteiger partial charge in [-0.3, -0.25) is 4.79 Å². The third-order valence-electron chi connectivity index (χ3n) is 2.97. The summed E-state index contributed by atoms with van der Waals surface area (Å²) in [5.41, 5.74) is 2.14. The van der Waals surface area contributed by atoms with Crippen molar-refractivity contribution >= 4 is 23.2 Å². The summed E-state index contributed by atoms with van der Waals surface area (Å²) in [4.78, 5) is 11.9. The molecule has 17 heavy (non-hydrogen) atoms. The van der Waals surface area contributed by atoms with Crippen molar-refractivity contribution in [1.82, 2.24) is 5.32 Å². The molecule has 1 amide bonds. The van der Waals surface area contributed by atoms with Gasteiger partial charge < -0.3 is 10.6 Å². The number of amides is 1. The Kier molecular flexibility index (Phi) is 3.89. The number of nitrogens with one attached hydrogen (secondary N) is 2. The molecule has 0 saturated heterocycles. The molecule has 0 saturated carbocycles. The molecule has 92 valence electrons. The highest BCUT2D eigenvalue weighted by Crippen LogP contribution is 2.28. The topological polar surface area (TPSA) is 41.1 Å². The summed E-state index contributed by atoms with van der Waals surface area (Å²) in [6, 6.07) is 5.53. The van der Waals surface area contributed by atoms with Crippen LogP contribution in [-0.2, 0) is 11.2 Å². The van der Waals surface area contributed by atoms with E-state index >= 15 is 0 Å². The summed E-state index contributed by atoms with van der Waals surface area (Å²) in [6.07, 6.45) is 2.83. The van der Waals surface area contributed by atoms with Gasteiger partial charge in [-0.2, -0.15) is 0 Å². The lowest BCUT2D eigenvalue weighted by Gasteiger charge is -2.11. The van der Waals surface area contributed by atoms with E-state index in [1.54, 1.807) is 0 Å². The zero-order chi connectivity index (χ0) is 12.3. The summed E-state index contributed by atoms with van der Waals surface area (Å²) in [5.74, 6) is 0.0748. The normalized spacial score (nSPS) is 17.4. The SMILES string of the molecule is CCCCNC(=O)C1Cc2cc(Cl)ccc2N1. The van der Waals surface area contributed by atoms with Gasteiger partial charge in [-0.25, -0.2) is 0 Å². The third-order valence-corrected chi connectivity index (χ3v) is 3.20. The molecule has 0 aliphatic carbocycles. The average Bonchev–Trinajstić information content (AvgIpc) is 2.72. The Bertz CT molecular complexity index is 420. The molecule has 1 aromatic carbocycles. The molecule has 1 atom stereocenters. The molecule has 1 unspecified atom stereocenters. The molecule has 0 radical (unpaired) electrons. The zero-order valence-corrected chi connectivity index (χ0v) is 10.7. The van der Waals surface area contributed by atoms with E-state index in [2.05, 4.69) is 17.6 Å². The molecule has 1 aliphatic heterocycles. The lowest BCUT2D eigenvalue weighted by Crippen LogP contribution is -2.38. The number of carbonyl (C=O) groups excluding carboxylic acids is 1. The van der Waals surface area contributed by atoms with E-state index < -0.39 is 0 Å². The maximum absolute atomic E-state index is 11.9. The Morgan fingerprint density at radius 2 is 2.41 bits per heavy atom. The van der Waals surface area contributed by atoms with Crippen LogP contribution in [0.5, 0.6) is 0 Å². The number of halogens is 1. The minimum absolute atomic E-state index is 0.0748. The van der Waals surface area contributed by atoms with Crippen molar-refractivity contribution in [3.05, 3.63) is 28.8 Å². The Morgan fingerprint density at radius 3 is 3.18 bits per heavy atom. The summed E-state index contributed by atoms with van der Waals surface area (Å²) < 4.78 is 0. The zero-order valence-electron chi connectivity index (χ0n) is 9.92. The van der Waals surface area contributed by atoms with E-state index in [1.807, 2.05) is 18.2 Å². The van der Waals surface area contributed by atoms with Gasteiger partial charge in [0.25, 0.3) is 0 Å². The molecule has 4 heteroatoms. The van der Waals surface area contributed by atoms with Gasteiger partial charge in [-0.15, -0.1) is 0 Å². The molecule has 1 heterocycles. The number of benzene rings is 1. The van der Waals surface area contributed by atoms with Crippen LogP contribution in [0.3, 0.4) is 0 Å². The molecule has 2 N–H and O–H groups in total. The first kappa shape index (κ1) is 12.2. The van der Waals surface area contributed by atoms with Crippen LogP contribution in [0.4, 0.5) is 5.69 Å². The molecule has 2 rings (SSSR count). The van der Waals surface area contributed by atoms with Crippen molar-refractivity contribution in [3.8, 4) is 0 Å². The number of unbranched alkanes of at least 4 members (excludes halogenated alkanes) is 1. The molecular formula is C13H17ClN2O. The standard InChI is InChI=1S/C13H17ClN2O/c1-2-3-6-15-13(17)12-8-9-7-10(14)4-5-11(9)16-12/h4-5,7,12,16H,2-3,6,8H2,1H3,(H,15,17). The molecule has 1 aliphatic rings. The molecule has 0 spiro atoms. The van der Waals surface area contributed by atoms with Crippen LogP contribution in [0.1, 0.15) is 25.3 Å². The van der Waals surface area contributed by atoms with Gasteiger partial charge in [0.2, 0.25) is 5.91 Å². The Hall–Kier alpha value is -1.22. The summed E-state index contributed by atoms with van der Waals surface area (Å²) in [6.45, 7) is 2.86. The van der Waals surface area contributed by atoms with Crippen molar-refractivity contribution in [2.45, 2.75) is 32.2 Å². The highest BCUT2D eigenvalue weighted by atomic mass is 35.5. The fraction of sp³-hybridized carbons (Fsp3) is 0.462. The van der Waals surface area contributed by atoms with Gasteiger partial charge in [-0.1, -0.05) is 24.9 Å². The van der Waals surface area contributed by atoms with Crippen LogP contribution in [-0.4, -0.2) is 18.5 Å². The highest BCUT2D eigenvalue weighted by molar-refractivity contribution is 6.30. The predicted molar refractivity (Wildman–Crippen MR) is 70.5 cm³/mol. The van der Waals surface area contributed by atoms with Gasteiger partial charge >= 0.3 is 0 Å². The largest absolute Gasteiger partial charge is 0.373 e. The first-order chi connectivity index (χ1) is 8.20. The summed E-state index contributed by atoms with van der Waals surface area (Å²) >= 11 is 5.92. The Labute approximate surface area is 107 Å². The molecule has 1 aromatic rings. The first-order valence-electron chi connectivity index (χ1n) is 6.03. The molecular weight excluding hydrogens is 236 g/mol. The van der Waals surface area contributed by atoms with Crippen molar-refractivity contribution in [3.63, 3.8) is 0 Å². The lowest BCUT2D eigenvalue weighted by atomic mass is 10.1. The first-order valence-corrected chi connectivity index (χ1v) is 6.41. The predicted octanol–water partition coefficient (Wildman–Crippen LogP) is 2.59. The highest BCUT2D eigenvalue weighted by Gasteiger charge is 2.26. The number of hydrogen-bond donors (Lipinski definition) is 2. The van der Waals surface area contributed by atoms with Gasteiger partial charge in [0.05, 0.1) is 0 Å². The van der Waals surface area contributed by atoms with Crippen LogP contribution >= 0.6 is 11.6 Å². The monoisotopic (exact) mass is 252 g/mol. The van der Waals surface area contributed by atoms with Gasteiger partial charge in [0.1, 0.15) is 6.04 Å². The fourth-order valence-electron chi connectivity index (χ4n) is 2.00. The smallest absolute Gasteiger partial charge is 0.242 e. The second-order valence-corrected chi connectivity index (χ2v) is 4.78. The van der Waals surface area contributed by atoms with Crippen LogP contribution < -0.4 is 10.6 Å². The van der Waals surface area contributed by atoms with Crippen molar-refractivity contribution < 1.29 is 4.79 Å². The van der Waals surface area contributed by atoms with Crippen LogP contribution in [0.15, 0.2) is 18.2 Å². The summed E-state index contributed by atoms with van der Waals surface area (Å²) in [7, 11) is 0. The Balaban J connectivity index is 1.93. The summed E-state index contributed by atoms with van der Waals surface area (Å²) in [5, 5.41) is 6.88. The molecule has 0 bridgehead atoms. The molecule has 0 fully saturated rings. The number of fused-ring (bicyclic) bond motifs is 1. The number of carbonyl (C=O) groups is 1. The van der Waals surface area contributed by atoms with E-state index in [0.29, 0.717) is 6.42 Å². The van der Waals surface area contributed by atoms with E-state index in [9.17, 15) is 4.79 Å². The minimum atomic E-state index is -0.152. The van der Waals surface area contributed by atoms with E-state index in [4.69, 9.17) is 11.6 Å².